The maximum Gasteiger partial charge on any atom is 0.245 e. The summed E-state index contributed by atoms with van der Waals surface area (Å²) in [6.07, 6.45) is 0.420. The molecule has 1 aromatic heterocycles. The first kappa shape index (κ1) is 22.7. The Morgan fingerprint density at radius 3 is 2.73 bits per heavy atom. The Balaban J connectivity index is 1.40. The number of aromatic nitrogens is 1. The van der Waals surface area contributed by atoms with Gasteiger partial charge in [0.1, 0.15) is 18.5 Å². The Kier molecular flexibility index (Phi) is 6.86. The molecule has 1 aliphatic rings. The van der Waals surface area contributed by atoms with Gasteiger partial charge in [0.15, 0.2) is 0 Å². The third-order valence-electron chi connectivity index (χ3n) is 5.82. The number of hydroxylamine groups is 1. The molecule has 8 heteroatoms. The summed E-state index contributed by atoms with van der Waals surface area (Å²) in [5.74, 6) is 0.309. The highest BCUT2D eigenvalue weighted by Gasteiger charge is 2.33. The molecule has 0 aliphatic carbocycles. The van der Waals surface area contributed by atoms with Gasteiger partial charge in [-0.25, -0.2) is 5.48 Å². The highest BCUT2D eigenvalue weighted by atomic mass is 16.6. The molecule has 2 N–H and O–H groups in total. The number of carbonyl (C=O) groups is 1. The number of nitrogens with one attached hydrogen (secondary N) is 1. The molecule has 1 aliphatic heterocycles. The first-order chi connectivity index (χ1) is 15.9. The van der Waals surface area contributed by atoms with Crippen molar-refractivity contribution >= 4 is 22.5 Å². The lowest BCUT2D eigenvalue weighted by Crippen LogP contribution is -2.42. The Hall–Kier alpha value is -3.49. The van der Waals surface area contributed by atoms with Gasteiger partial charge in [0.2, 0.25) is 5.91 Å². The molecule has 172 valence electrons. The second kappa shape index (κ2) is 9.97. The lowest BCUT2D eigenvalue weighted by Gasteiger charge is -2.27. The Morgan fingerprint density at radius 2 is 2.00 bits per heavy atom. The summed E-state index contributed by atoms with van der Waals surface area (Å²) in [6, 6.07) is 17.7. The van der Waals surface area contributed by atoms with E-state index in [1.54, 1.807) is 5.48 Å². The highest BCUT2D eigenvalue weighted by molar-refractivity contribution is 6.01. The quantitative estimate of drug-likeness (QED) is 0.405. The molecule has 0 fully saturated rings. The third-order valence-corrected chi connectivity index (χ3v) is 5.82. The number of benzene rings is 2. The molecule has 8 nitrogen and oxygen atoms in total. The van der Waals surface area contributed by atoms with Crippen LogP contribution in [0.4, 0.5) is 0 Å². The van der Waals surface area contributed by atoms with E-state index in [4.69, 9.17) is 14.8 Å². The predicted octanol–water partition coefficient (Wildman–Crippen LogP) is 3.44. The minimum absolute atomic E-state index is 0.118. The van der Waals surface area contributed by atoms with Gasteiger partial charge in [-0.2, -0.15) is 0 Å². The number of amides is 1. The topological polar surface area (TPSA) is 96.3 Å². The number of carbonyl (C=O) groups excluding carboxylic acids is 1. The summed E-state index contributed by atoms with van der Waals surface area (Å²) in [4.78, 5) is 23.7. The van der Waals surface area contributed by atoms with Gasteiger partial charge in [0, 0.05) is 29.5 Å². The molecule has 3 aromatic rings. The number of ether oxygens (including phenoxy) is 1. The number of hydrogen-bond donors (Lipinski definition) is 2. The van der Waals surface area contributed by atoms with Crippen LogP contribution in [0.1, 0.15) is 29.7 Å². The van der Waals surface area contributed by atoms with E-state index in [1.807, 2.05) is 68.4 Å². The van der Waals surface area contributed by atoms with Gasteiger partial charge in [0.25, 0.3) is 0 Å². The van der Waals surface area contributed by atoms with Crippen molar-refractivity contribution in [3.8, 4) is 5.75 Å². The molecule has 2 unspecified atom stereocenters. The van der Waals surface area contributed by atoms with Crippen molar-refractivity contribution in [1.82, 2.24) is 15.4 Å². The van der Waals surface area contributed by atoms with E-state index < -0.39 is 5.91 Å². The SMILES string of the molecule is Cc1cc(COc2ccc(C3=NOC(C(CC(=O)NO)N(C)C)C3)cc2)c2ccccc2n1. The number of rotatable bonds is 8. The molecule has 2 heterocycles. The van der Waals surface area contributed by atoms with Gasteiger partial charge < -0.3 is 14.5 Å². The van der Waals surface area contributed by atoms with Gasteiger partial charge >= 0.3 is 0 Å². The van der Waals surface area contributed by atoms with Gasteiger partial charge in [-0.1, -0.05) is 23.4 Å². The van der Waals surface area contributed by atoms with E-state index in [1.165, 1.54) is 0 Å². The average molecular weight is 449 g/mol. The van der Waals surface area contributed by atoms with Crippen molar-refractivity contribution in [2.75, 3.05) is 14.1 Å². The number of hydrogen-bond acceptors (Lipinski definition) is 7. The number of pyridine rings is 1. The van der Waals surface area contributed by atoms with Gasteiger partial charge in [0.05, 0.1) is 17.3 Å². The molecule has 33 heavy (non-hydrogen) atoms. The first-order valence-electron chi connectivity index (χ1n) is 10.8. The number of oxime groups is 1. The minimum atomic E-state index is -0.454. The lowest BCUT2D eigenvalue weighted by molar-refractivity contribution is -0.131. The van der Waals surface area contributed by atoms with Crippen LogP contribution < -0.4 is 10.2 Å². The van der Waals surface area contributed by atoms with Crippen LogP contribution in [-0.4, -0.2) is 53.0 Å². The van der Waals surface area contributed by atoms with Gasteiger partial charge in [-0.15, -0.1) is 0 Å². The number of nitrogens with zero attached hydrogens (tertiary/aromatic N) is 3. The molecule has 0 saturated heterocycles. The fourth-order valence-electron chi connectivity index (χ4n) is 4.07. The number of likely N-dealkylation sites (N-methyl/N-ethyl adjacent to an activating group) is 1. The second-order valence-electron chi connectivity index (χ2n) is 8.41. The monoisotopic (exact) mass is 448 g/mol. The Bertz CT molecular complexity index is 1160. The molecule has 0 bridgehead atoms. The van der Waals surface area contributed by atoms with Crippen LogP contribution in [0.2, 0.25) is 0 Å². The lowest BCUT2D eigenvalue weighted by atomic mass is 9.98. The highest BCUT2D eigenvalue weighted by Crippen LogP contribution is 2.25. The summed E-state index contributed by atoms with van der Waals surface area (Å²) in [5.41, 5.74) is 6.47. The van der Waals surface area contributed by atoms with E-state index >= 15 is 0 Å². The molecule has 0 spiro atoms. The van der Waals surface area contributed by atoms with Crippen LogP contribution in [0.15, 0.2) is 59.8 Å². The summed E-state index contributed by atoms with van der Waals surface area (Å²) in [7, 11) is 3.74. The van der Waals surface area contributed by atoms with Crippen molar-refractivity contribution < 1.29 is 19.6 Å². The molecule has 0 radical (unpaired) electrons. The Morgan fingerprint density at radius 1 is 1.24 bits per heavy atom. The van der Waals surface area contributed by atoms with Crippen molar-refractivity contribution in [2.24, 2.45) is 5.16 Å². The summed E-state index contributed by atoms with van der Waals surface area (Å²) in [6.45, 7) is 2.44. The number of aryl methyl sites for hydroxylation is 1. The van der Waals surface area contributed by atoms with E-state index in [9.17, 15) is 4.79 Å². The van der Waals surface area contributed by atoms with Crippen molar-refractivity contribution in [3.63, 3.8) is 0 Å². The van der Waals surface area contributed by atoms with Gasteiger partial charge in [-0.3, -0.25) is 15.0 Å². The van der Waals surface area contributed by atoms with Crippen LogP contribution in [0.3, 0.4) is 0 Å². The zero-order valence-electron chi connectivity index (χ0n) is 19.0. The van der Waals surface area contributed by atoms with Crippen LogP contribution in [0.25, 0.3) is 10.9 Å². The first-order valence-corrected chi connectivity index (χ1v) is 10.8. The predicted molar refractivity (Wildman–Crippen MR) is 125 cm³/mol. The zero-order chi connectivity index (χ0) is 23.4. The van der Waals surface area contributed by atoms with E-state index in [0.717, 1.165) is 39.2 Å². The molecule has 4 rings (SSSR count). The van der Waals surface area contributed by atoms with Crippen molar-refractivity contribution in [2.45, 2.75) is 38.5 Å². The molecule has 1 amide bonds. The summed E-state index contributed by atoms with van der Waals surface area (Å²) in [5, 5.41) is 14.2. The fraction of sp³-hybridized carbons (Fsp3) is 0.320. The van der Waals surface area contributed by atoms with Crippen LogP contribution in [0, 0.1) is 6.92 Å². The minimum Gasteiger partial charge on any atom is -0.489 e. The summed E-state index contributed by atoms with van der Waals surface area (Å²) >= 11 is 0. The van der Waals surface area contributed by atoms with Crippen LogP contribution in [-0.2, 0) is 16.2 Å². The molecular formula is C25H28N4O4. The summed E-state index contributed by atoms with van der Waals surface area (Å²) < 4.78 is 6.05. The zero-order valence-corrected chi connectivity index (χ0v) is 19.0. The maximum atomic E-state index is 11.6. The normalized spacial score (nSPS) is 16.4. The van der Waals surface area contributed by atoms with Crippen LogP contribution >= 0.6 is 0 Å². The van der Waals surface area contributed by atoms with Crippen molar-refractivity contribution in [3.05, 3.63) is 71.4 Å². The average Bonchev–Trinajstić information content (AvgIpc) is 3.30. The molecule has 0 saturated carbocycles. The Labute approximate surface area is 192 Å². The standard InChI is InChI=1S/C25H28N4O4/c1-16-12-18(20-6-4-5-7-21(20)26-16)15-32-19-10-8-17(9-11-19)22-13-24(33-28-22)23(29(2)3)14-25(30)27-31/h4-12,23-24,31H,13-15H2,1-3H3,(H,27,30). The van der Waals surface area contributed by atoms with E-state index in [0.29, 0.717) is 13.0 Å². The maximum absolute atomic E-state index is 11.6. The molecular weight excluding hydrogens is 420 g/mol. The van der Waals surface area contributed by atoms with Crippen LogP contribution in [0.5, 0.6) is 5.75 Å². The second-order valence-corrected chi connectivity index (χ2v) is 8.41. The van der Waals surface area contributed by atoms with E-state index in [-0.39, 0.29) is 18.6 Å². The van der Waals surface area contributed by atoms with Crippen molar-refractivity contribution in [1.29, 1.82) is 0 Å². The third kappa shape index (κ3) is 5.30. The number of fused-ring (bicyclic) bond motifs is 1. The number of para-hydroxylation sites is 1. The van der Waals surface area contributed by atoms with Gasteiger partial charge in [-0.05, 0) is 63.0 Å². The molecule has 2 aromatic carbocycles. The fourth-order valence-corrected chi connectivity index (χ4v) is 4.07. The smallest absolute Gasteiger partial charge is 0.245 e. The van der Waals surface area contributed by atoms with E-state index in [2.05, 4.69) is 22.3 Å². The molecule has 2 atom stereocenters. The largest absolute Gasteiger partial charge is 0.489 e.